The minimum atomic E-state index is -0.725. The highest BCUT2D eigenvalue weighted by molar-refractivity contribution is 6.12. The average molecular weight is 452 g/mol. The van der Waals surface area contributed by atoms with E-state index in [1.165, 1.54) is 0 Å². The van der Waals surface area contributed by atoms with E-state index in [4.69, 9.17) is 23.8 Å². The molecule has 3 heterocycles. The SMILES string of the molecule is C=C(C)[C@H]1Cc2c(ccc(C3=NOC4(CC)COc5cc(OC)c(OC)cc5C34C)c2O)O1. The Bertz CT molecular complexity index is 1190. The summed E-state index contributed by atoms with van der Waals surface area (Å²) in [7, 11) is 3.20. The summed E-state index contributed by atoms with van der Waals surface area (Å²) >= 11 is 0. The lowest BCUT2D eigenvalue weighted by molar-refractivity contribution is -0.0936. The highest BCUT2D eigenvalue weighted by atomic mass is 16.7. The van der Waals surface area contributed by atoms with Gasteiger partial charge in [0.05, 0.1) is 19.6 Å². The molecule has 0 amide bonds. The number of phenols is 1. The summed E-state index contributed by atoms with van der Waals surface area (Å²) in [5.74, 6) is 2.71. The van der Waals surface area contributed by atoms with E-state index in [9.17, 15) is 5.11 Å². The summed E-state index contributed by atoms with van der Waals surface area (Å²) in [6.07, 6.45) is 1.09. The Labute approximate surface area is 193 Å². The molecule has 2 unspecified atom stereocenters. The molecule has 0 saturated carbocycles. The van der Waals surface area contributed by atoms with Crippen molar-refractivity contribution in [3.63, 3.8) is 0 Å². The van der Waals surface area contributed by atoms with E-state index >= 15 is 0 Å². The van der Waals surface area contributed by atoms with E-state index in [-0.39, 0.29) is 11.9 Å². The van der Waals surface area contributed by atoms with E-state index in [1.54, 1.807) is 14.2 Å². The molecule has 3 aliphatic rings. The van der Waals surface area contributed by atoms with Crippen molar-refractivity contribution in [1.82, 2.24) is 0 Å². The van der Waals surface area contributed by atoms with Crippen LogP contribution in [0.4, 0.5) is 0 Å². The molecule has 3 aliphatic heterocycles. The van der Waals surface area contributed by atoms with Crippen molar-refractivity contribution < 1.29 is 28.9 Å². The Morgan fingerprint density at radius 2 is 1.94 bits per heavy atom. The maximum atomic E-state index is 11.3. The first-order chi connectivity index (χ1) is 15.8. The highest BCUT2D eigenvalue weighted by Gasteiger charge is 2.63. The third kappa shape index (κ3) is 2.77. The van der Waals surface area contributed by atoms with Crippen molar-refractivity contribution in [2.45, 2.75) is 50.7 Å². The first-order valence-electron chi connectivity index (χ1n) is 11.1. The molecule has 33 heavy (non-hydrogen) atoms. The second kappa shape index (κ2) is 7.33. The van der Waals surface area contributed by atoms with Gasteiger partial charge in [-0.15, -0.1) is 0 Å². The smallest absolute Gasteiger partial charge is 0.186 e. The van der Waals surface area contributed by atoms with Gasteiger partial charge >= 0.3 is 0 Å². The topological polar surface area (TPSA) is 78.7 Å². The normalized spacial score (nSPS) is 26.7. The summed E-state index contributed by atoms with van der Waals surface area (Å²) in [4.78, 5) is 6.12. The van der Waals surface area contributed by atoms with Gasteiger partial charge in [-0.3, -0.25) is 0 Å². The number of benzene rings is 2. The van der Waals surface area contributed by atoms with E-state index < -0.39 is 11.0 Å². The fourth-order valence-corrected chi connectivity index (χ4v) is 5.25. The van der Waals surface area contributed by atoms with Gasteiger partial charge in [0.1, 0.15) is 35.7 Å². The quantitative estimate of drug-likeness (QED) is 0.674. The Morgan fingerprint density at radius 1 is 1.21 bits per heavy atom. The minimum Gasteiger partial charge on any atom is -0.507 e. The zero-order valence-corrected chi connectivity index (χ0v) is 19.7. The first kappa shape index (κ1) is 21.5. The summed E-state index contributed by atoms with van der Waals surface area (Å²) in [5, 5.41) is 15.9. The van der Waals surface area contributed by atoms with Gasteiger partial charge in [0, 0.05) is 29.2 Å². The molecule has 0 bridgehead atoms. The van der Waals surface area contributed by atoms with Gasteiger partial charge in [-0.1, -0.05) is 18.7 Å². The second-order valence-corrected chi connectivity index (χ2v) is 9.09. The molecule has 0 fully saturated rings. The van der Waals surface area contributed by atoms with Crippen LogP contribution in [0, 0.1) is 0 Å². The molecular weight excluding hydrogens is 422 g/mol. The van der Waals surface area contributed by atoms with E-state index in [0.717, 1.165) is 16.7 Å². The molecule has 3 atom stereocenters. The predicted molar refractivity (Wildman–Crippen MR) is 124 cm³/mol. The zero-order valence-electron chi connectivity index (χ0n) is 19.7. The molecule has 1 N–H and O–H groups in total. The van der Waals surface area contributed by atoms with Crippen LogP contribution in [0.15, 0.2) is 41.6 Å². The van der Waals surface area contributed by atoms with Crippen molar-refractivity contribution in [1.29, 1.82) is 0 Å². The lowest BCUT2D eigenvalue weighted by atomic mass is 9.62. The van der Waals surface area contributed by atoms with E-state index in [2.05, 4.69) is 25.6 Å². The fourth-order valence-electron chi connectivity index (χ4n) is 5.25. The average Bonchev–Trinajstić information content (AvgIpc) is 3.39. The molecule has 174 valence electrons. The Kier molecular flexibility index (Phi) is 4.78. The van der Waals surface area contributed by atoms with Crippen LogP contribution in [-0.4, -0.2) is 43.3 Å². The number of rotatable bonds is 5. The first-order valence-corrected chi connectivity index (χ1v) is 11.1. The van der Waals surface area contributed by atoms with Crippen molar-refractivity contribution in [3.05, 3.63) is 53.1 Å². The molecule has 7 heteroatoms. The van der Waals surface area contributed by atoms with Gasteiger partial charge in [-0.05, 0) is 44.0 Å². The third-order valence-electron chi connectivity index (χ3n) is 7.46. The Morgan fingerprint density at radius 3 is 2.61 bits per heavy atom. The van der Waals surface area contributed by atoms with Crippen molar-refractivity contribution in [3.8, 4) is 28.7 Å². The molecule has 0 aromatic heterocycles. The monoisotopic (exact) mass is 451 g/mol. The predicted octanol–water partition coefficient (Wildman–Crippen LogP) is 4.52. The van der Waals surface area contributed by atoms with Crippen LogP contribution in [0.25, 0.3) is 0 Å². The molecule has 0 aliphatic carbocycles. The maximum absolute atomic E-state index is 11.3. The van der Waals surface area contributed by atoms with Crippen LogP contribution >= 0.6 is 0 Å². The number of oxime groups is 1. The Balaban J connectivity index is 1.68. The van der Waals surface area contributed by atoms with Gasteiger partial charge in [0.2, 0.25) is 0 Å². The standard InChI is InChI=1S/C26H29NO6/c1-7-26-13-31-20-12-22(30-6)21(29-5)11-17(20)25(26,4)24(27-33-26)15-8-9-18-16(23(15)28)10-19(32-18)14(2)3/h8-9,11-12,19,28H,2,7,10,13H2,1,3-6H3/t19-,25?,26?/m1/s1. The fraction of sp³-hybridized carbons (Fsp3) is 0.423. The number of methoxy groups -OCH3 is 2. The van der Waals surface area contributed by atoms with Crippen LogP contribution in [0.1, 0.15) is 43.9 Å². The maximum Gasteiger partial charge on any atom is 0.186 e. The highest BCUT2D eigenvalue weighted by Crippen LogP contribution is 2.56. The number of phenolic OH excluding ortho intramolecular Hbond substituents is 1. The molecule has 2 aromatic carbocycles. The molecule has 0 radical (unpaired) electrons. The number of fused-ring (bicyclic) bond motifs is 4. The lowest BCUT2D eigenvalue weighted by Crippen LogP contribution is -2.57. The molecule has 2 aromatic rings. The van der Waals surface area contributed by atoms with Crippen LogP contribution in [0.3, 0.4) is 0 Å². The summed E-state index contributed by atoms with van der Waals surface area (Å²) in [5.41, 5.74) is 2.41. The van der Waals surface area contributed by atoms with Gasteiger partial charge < -0.3 is 28.9 Å². The molecule has 7 nitrogen and oxygen atoms in total. The second-order valence-electron chi connectivity index (χ2n) is 9.09. The van der Waals surface area contributed by atoms with Gasteiger partial charge in [0.15, 0.2) is 17.1 Å². The minimum absolute atomic E-state index is 0.145. The van der Waals surface area contributed by atoms with Crippen molar-refractivity contribution in [2.24, 2.45) is 5.16 Å². The van der Waals surface area contributed by atoms with Crippen molar-refractivity contribution >= 4 is 5.71 Å². The molecular formula is C26H29NO6. The number of nitrogens with zero attached hydrogens (tertiary/aromatic N) is 1. The molecule has 0 spiro atoms. The molecule has 5 rings (SSSR count). The summed E-state index contributed by atoms with van der Waals surface area (Å²) < 4.78 is 23.2. The lowest BCUT2D eigenvalue weighted by Gasteiger charge is -2.45. The van der Waals surface area contributed by atoms with Crippen LogP contribution in [0.5, 0.6) is 28.7 Å². The number of ether oxygens (including phenoxy) is 4. The number of hydrogen-bond donors (Lipinski definition) is 1. The third-order valence-corrected chi connectivity index (χ3v) is 7.46. The largest absolute Gasteiger partial charge is 0.507 e. The van der Waals surface area contributed by atoms with Crippen LogP contribution in [0.2, 0.25) is 0 Å². The Hall–Kier alpha value is -3.35. The number of hydrogen-bond acceptors (Lipinski definition) is 7. The van der Waals surface area contributed by atoms with Crippen molar-refractivity contribution in [2.75, 3.05) is 20.8 Å². The van der Waals surface area contributed by atoms with E-state index in [0.29, 0.717) is 53.7 Å². The van der Waals surface area contributed by atoms with Crippen LogP contribution < -0.4 is 18.9 Å². The zero-order chi connectivity index (χ0) is 23.5. The van der Waals surface area contributed by atoms with Gasteiger partial charge in [0.25, 0.3) is 0 Å². The molecule has 0 saturated heterocycles. The van der Waals surface area contributed by atoms with Crippen LogP contribution in [-0.2, 0) is 16.7 Å². The summed E-state index contributed by atoms with van der Waals surface area (Å²) in [6.45, 7) is 10.4. The van der Waals surface area contributed by atoms with Gasteiger partial charge in [-0.25, -0.2) is 0 Å². The van der Waals surface area contributed by atoms with Gasteiger partial charge in [-0.2, -0.15) is 0 Å². The summed E-state index contributed by atoms with van der Waals surface area (Å²) in [6, 6.07) is 7.50. The number of aromatic hydroxyl groups is 1. The van der Waals surface area contributed by atoms with E-state index in [1.807, 2.05) is 31.2 Å².